The van der Waals surface area contributed by atoms with Crippen LogP contribution < -0.4 is 10.5 Å². The first kappa shape index (κ1) is 20.6. The maximum Gasteiger partial charge on any atom is 0.258 e. The summed E-state index contributed by atoms with van der Waals surface area (Å²) in [7, 11) is 0. The summed E-state index contributed by atoms with van der Waals surface area (Å²) in [5.74, 6) is 1.46. The predicted molar refractivity (Wildman–Crippen MR) is 112 cm³/mol. The first-order chi connectivity index (χ1) is 14.1. The molecular formula is C23H26N4O2. The lowest BCUT2D eigenvalue weighted by atomic mass is 10.0. The number of fused-ring (bicyclic) bond motifs is 1. The van der Waals surface area contributed by atoms with E-state index in [-0.39, 0.29) is 12.1 Å². The second kappa shape index (κ2) is 8.89. The van der Waals surface area contributed by atoms with Gasteiger partial charge in [-0.3, -0.25) is 0 Å². The Morgan fingerprint density at radius 3 is 2.76 bits per heavy atom. The van der Waals surface area contributed by atoms with Crippen LogP contribution in [-0.4, -0.2) is 16.2 Å². The summed E-state index contributed by atoms with van der Waals surface area (Å²) < 4.78 is 11.1. The molecule has 2 aromatic carbocycles. The van der Waals surface area contributed by atoms with E-state index in [4.69, 9.17) is 15.0 Å². The van der Waals surface area contributed by atoms with Crippen molar-refractivity contribution in [2.24, 2.45) is 5.73 Å². The van der Waals surface area contributed by atoms with Gasteiger partial charge >= 0.3 is 0 Å². The van der Waals surface area contributed by atoms with Crippen molar-refractivity contribution in [2.75, 3.05) is 0 Å². The molecule has 0 amide bonds. The highest BCUT2D eigenvalue weighted by Crippen LogP contribution is 2.36. The van der Waals surface area contributed by atoms with E-state index in [1.807, 2.05) is 45.9 Å². The van der Waals surface area contributed by atoms with Crippen molar-refractivity contribution in [3.63, 3.8) is 0 Å². The van der Waals surface area contributed by atoms with Crippen LogP contribution in [0.2, 0.25) is 0 Å². The molecule has 3 aromatic rings. The van der Waals surface area contributed by atoms with Crippen LogP contribution >= 0.6 is 0 Å². The lowest BCUT2D eigenvalue weighted by molar-refractivity contribution is 0.242. The summed E-state index contributed by atoms with van der Waals surface area (Å²) >= 11 is 0. The Kier molecular flexibility index (Phi) is 6.30. The zero-order chi connectivity index (χ0) is 21.0. The lowest BCUT2D eigenvalue weighted by Gasteiger charge is -2.11. The van der Waals surface area contributed by atoms with Gasteiger partial charge < -0.3 is 15.0 Å². The molecule has 1 atom stereocenters. The van der Waals surface area contributed by atoms with Crippen molar-refractivity contribution < 1.29 is 9.26 Å². The molecule has 29 heavy (non-hydrogen) atoms. The van der Waals surface area contributed by atoms with Crippen molar-refractivity contribution in [3.05, 3.63) is 53.1 Å². The largest absolute Gasteiger partial charge is 0.490 e. The number of benzene rings is 2. The van der Waals surface area contributed by atoms with Gasteiger partial charge in [0.2, 0.25) is 5.82 Å². The third kappa shape index (κ3) is 4.15. The molecule has 6 nitrogen and oxygen atoms in total. The van der Waals surface area contributed by atoms with E-state index in [1.165, 1.54) is 5.56 Å². The number of hydrogen-bond donors (Lipinski definition) is 1. The van der Waals surface area contributed by atoms with Crippen molar-refractivity contribution in [1.29, 1.82) is 5.26 Å². The van der Waals surface area contributed by atoms with Gasteiger partial charge in [0.15, 0.2) is 0 Å². The molecule has 0 bridgehead atoms. The smallest absolute Gasteiger partial charge is 0.258 e. The second-order valence-corrected chi connectivity index (χ2v) is 6.93. The van der Waals surface area contributed by atoms with E-state index in [2.05, 4.69) is 22.3 Å². The van der Waals surface area contributed by atoms with Gasteiger partial charge in [0, 0.05) is 17.2 Å². The highest BCUT2D eigenvalue weighted by Gasteiger charge is 2.24. The Morgan fingerprint density at radius 1 is 1.24 bits per heavy atom. The SMILES string of the molecule is CC.CC(C)Oc1ccc(-c2nc(-c3cccc4c3CCC4N)no2)cc1C#N. The molecular weight excluding hydrogens is 364 g/mol. The Labute approximate surface area is 171 Å². The van der Waals surface area contributed by atoms with Gasteiger partial charge in [-0.1, -0.05) is 37.2 Å². The summed E-state index contributed by atoms with van der Waals surface area (Å²) in [6.07, 6.45) is 1.83. The van der Waals surface area contributed by atoms with Gasteiger partial charge in [0.1, 0.15) is 11.8 Å². The van der Waals surface area contributed by atoms with Crippen molar-refractivity contribution >= 4 is 0 Å². The summed E-state index contributed by atoms with van der Waals surface area (Å²) in [6.45, 7) is 7.84. The molecule has 0 spiro atoms. The van der Waals surface area contributed by atoms with Crippen LogP contribution in [-0.2, 0) is 6.42 Å². The Bertz CT molecular complexity index is 1030. The van der Waals surface area contributed by atoms with Crippen molar-refractivity contribution in [2.45, 2.75) is 52.7 Å². The monoisotopic (exact) mass is 390 g/mol. The van der Waals surface area contributed by atoms with E-state index in [0.29, 0.717) is 28.6 Å². The number of aromatic nitrogens is 2. The fraction of sp³-hybridized carbons (Fsp3) is 0.348. The number of ether oxygens (including phenoxy) is 1. The third-order valence-corrected chi connectivity index (χ3v) is 4.69. The first-order valence-electron chi connectivity index (χ1n) is 9.99. The fourth-order valence-electron chi connectivity index (χ4n) is 3.45. The number of rotatable bonds is 4. The van der Waals surface area contributed by atoms with Crippen molar-refractivity contribution in [3.8, 4) is 34.7 Å². The molecule has 0 aliphatic heterocycles. The Balaban J connectivity index is 0.00000117. The van der Waals surface area contributed by atoms with Crippen LogP contribution in [0, 0.1) is 11.3 Å². The van der Waals surface area contributed by atoms with Gasteiger partial charge in [-0.25, -0.2) is 0 Å². The van der Waals surface area contributed by atoms with Crippen LogP contribution in [0.1, 0.15) is 56.8 Å². The lowest BCUT2D eigenvalue weighted by Crippen LogP contribution is -2.06. The van der Waals surface area contributed by atoms with Gasteiger partial charge in [-0.2, -0.15) is 10.2 Å². The molecule has 1 heterocycles. The minimum absolute atomic E-state index is 0.00972. The molecule has 0 saturated heterocycles. The summed E-state index contributed by atoms with van der Waals surface area (Å²) in [5.41, 5.74) is 10.6. The van der Waals surface area contributed by atoms with Gasteiger partial charge in [0.25, 0.3) is 5.89 Å². The molecule has 1 aliphatic rings. The van der Waals surface area contributed by atoms with E-state index in [1.54, 1.807) is 12.1 Å². The van der Waals surface area contributed by atoms with Crippen LogP contribution in [0.5, 0.6) is 5.75 Å². The minimum Gasteiger partial charge on any atom is -0.490 e. The van der Waals surface area contributed by atoms with Crippen molar-refractivity contribution in [1.82, 2.24) is 10.1 Å². The maximum absolute atomic E-state index is 9.41. The van der Waals surface area contributed by atoms with Crippen LogP contribution in [0.3, 0.4) is 0 Å². The Morgan fingerprint density at radius 2 is 2.03 bits per heavy atom. The molecule has 1 unspecified atom stereocenters. The molecule has 0 fully saturated rings. The average Bonchev–Trinajstić information content (AvgIpc) is 3.37. The summed E-state index contributed by atoms with van der Waals surface area (Å²) in [5, 5.41) is 13.6. The highest BCUT2D eigenvalue weighted by atomic mass is 16.5. The zero-order valence-electron chi connectivity index (χ0n) is 17.3. The van der Waals surface area contributed by atoms with Gasteiger partial charge in [-0.15, -0.1) is 0 Å². The topological polar surface area (TPSA) is 98.0 Å². The van der Waals surface area contributed by atoms with E-state index in [9.17, 15) is 5.26 Å². The number of nitriles is 1. The number of nitrogens with two attached hydrogens (primary N) is 1. The standard InChI is InChI=1S/C21H20N4O2.C2H6/c1-12(2)26-19-9-6-13(10-14(19)11-22)21-24-20(25-27-21)17-5-3-4-16-15(17)7-8-18(16)23;1-2/h3-6,9-10,12,18H,7-8,23H2,1-2H3;1-2H3. The normalized spacial score (nSPS) is 14.7. The van der Waals surface area contributed by atoms with Crippen LogP contribution in [0.25, 0.3) is 22.8 Å². The molecule has 1 aromatic heterocycles. The molecule has 1 aliphatic carbocycles. The Hall–Kier alpha value is -3.17. The quantitative estimate of drug-likeness (QED) is 0.670. The molecule has 0 saturated carbocycles. The van der Waals surface area contributed by atoms with E-state index >= 15 is 0 Å². The molecule has 0 radical (unpaired) electrons. The summed E-state index contributed by atoms with van der Waals surface area (Å²) in [4.78, 5) is 4.55. The summed E-state index contributed by atoms with van der Waals surface area (Å²) in [6, 6.07) is 13.5. The van der Waals surface area contributed by atoms with E-state index in [0.717, 1.165) is 24.0 Å². The zero-order valence-corrected chi connectivity index (χ0v) is 17.3. The third-order valence-electron chi connectivity index (χ3n) is 4.69. The molecule has 2 N–H and O–H groups in total. The number of hydrogen-bond acceptors (Lipinski definition) is 6. The predicted octanol–water partition coefficient (Wildman–Crippen LogP) is 5.03. The highest BCUT2D eigenvalue weighted by molar-refractivity contribution is 5.67. The number of nitrogens with zero attached hydrogens (tertiary/aromatic N) is 3. The molecule has 4 rings (SSSR count). The first-order valence-corrected chi connectivity index (χ1v) is 9.99. The van der Waals surface area contributed by atoms with Crippen LogP contribution in [0.15, 0.2) is 40.9 Å². The molecule has 6 heteroatoms. The van der Waals surface area contributed by atoms with Gasteiger partial charge in [0.05, 0.1) is 11.7 Å². The molecule has 150 valence electrons. The van der Waals surface area contributed by atoms with E-state index < -0.39 is 0 Å². The average molecular weight is 390 g/mol. The fourth-order valence-corrected chi connectivity index (χ4v) is 3.45. The minimum atomic E-state index is -0.00972. The second-order valence-electron chi connectivity index (χ2n) is 6.93. The van der Waals surface area contributed by atoms with Gasteiger partial charge in [-0.05, 0) is 56.0 Å². The van der Waals surface area contributed by atoms with Crippen LogP contribution in [0.4, 0.5) is 0 Å². The maximum atomic E-state index is 9.41.